The molecule has 2 saturated heterocycles. The van der Waals surface area contributed by atoms with Crippen molar-refractivity contribution in [3.63, 3.8) is 0 Å². The van der Waals surface area contributed by atoms with Gasteiger partial charge in [0.25, 0.3) is 0 Å². The van der Waals surface area contributed by atoms with E-state index >= 15 is 0 Å². The molecule has 2 heteroatoms. The van der Waals surface area contributed by atoms with Crippen LogP contribution in [-0.2, 0) is 4.74 Å². The molecule has 72 valence electrons. The molecule has 2 rings (SSSR count). The largest absolute Gasteiger partial charge is 0.380 e. The van der Waals surface area contributed by atoms with Crippen molar-refractivity contribution in [1.82, 2.24) is 4.90 Å². The van der Waals surface area contributed by atoms with E-state index in [1.165, 1.54) is 25.9 Å². The Hall–Kier alpha value is -0.0800. The third-order valence-electron chi connectivity index (χ3n) is 2.67. The SMILES string of the molecule is CC.CN1CCCC2(COC2)C1. The summed E-state index contributed by atoms with van der Waals surface area (Å²) < 4.78 is 5.24. The first-order valence-corrected chi connectivity index (χ1v) is 5.07. The normalized spacial score (nSPS) is 27.2. The monoisotopic (exact) mass is 171 g/mol. The summed E-state index contributed by atoms with van der Waals surface area (Å²) in [6.45, 7) is 8.56. The van der Waals surface area contributed by atoms with Crippen molar-refractivity contribution in [2.24, 2.45) is 5.41 Å². The molecule has 2 aliphatic heterocycles. The lowest BCUT2D eigenvalue weighted by Gasteiger charge is -2.47. The van der Waals surface area contributed by atoms with Gasteiger partial charge < -0.3 is 9.64 Å². The summed E-state index contributed by atoms with van der Waals surface area (Å²) in [5.41, 5.74) is 0.576. The van der Waals surface area contributed by atoms with E-state index in [2.05, 4.69) is 11.9 Å². The van der Waals surface area contributed by atoms with E-state index in [9.17, 15) is 0 Å². The average Bonchev–Trinajstić information content (AvgIpc) is 2.06. The average molecular weight is 171 g/mol. The lowest BCUT2D eigenvalue weighted by Crippen LogP contribution is -2.53. The minimum Gasteiger partial charge on any atom is -0.380 e. The summed E-state index contributed by atoms with van der Waals surface area (Å²) in [5.74, 6) is 0. The fraction of sp³-hybridized carbons (Fsp3) is 1.00. The zero-order chi connectivity index (χ0) is 9.03. The molecule has 2 heterocycles. The maximum atomic E-state index is 5.24. The van der Waals surface area contributed by atoms with Crippen molar-refractivity contribution in [2.45, 2.75) is 26.7 Å². The third-order valence-corrected chi connectivity index (χ3v) is 2.67. The first-order valence-electron chi connectivity index (χ1n) is 5.07. The highest BCUT2D eigenvalue weighted by Gasteiger charge is 2.40. The Morgan fingerprint density at radius 3 is 2.25 bits per heavy atom. The molecule has 0 aliphatic carbocycles. The summed E-state index contributed by atoms with van der Waals surface area (Å²) in [4.78, 5) is 2.42. The molecule has 0 aromatic carbocycles. The van der Waals surface area contributed by atoms with Gasteiger partial charge in [-0.25, -0.2) is 0 Å². The molecule has 0 N–H and O–H groups in total. The molecule has 0 aromatic rings. The van der Waals surface area contributed by atoms with Gasteiger partial charge in [0.2, 0.25) is 0 Å². The number of nitrogens with zero attached hydrogens (tertiary/aromatic N) is 1. The third kappa shape index (κ3) is 1.99. The standard InChI is InChI=1S/C8H15NO.C2H6/c1-9-4-2-3-8(5-9)6-10-7-8;1-2/h2-7H2,1H3;1-2H3. The molecule has 0 atom stereocenters. The van der Waals surface area contributed by atoms with Crippen LogP contribution in [0.4, 0.5) is 0 Å². The van der Waals surface area contributed by atoms with Crippen LogP contribution in [0.5, 0.6) is 0 Å². The molecule has 0 radical (unpaired) electrons. The zero-order valence-electron chi connectivity index (χ0n) is 8.60. The van der Waals surface area contributed by atoms with E-state index in [1.54, 1.807) is 0 Å². The fourth-order valence-electron chi connectivity index (χ4n) is 2.08. The van der Waals surface area contributed by atoms with Crippen LogP contribution in [0.1, 0.15) is 26.7 Å². The second kappa shape index (κ2) is 4.24. The minimum absolute atomic E-state index is 0.576. The second-order valence-corrected chi connectivity index (χ2v) is 3.83. The van der Waals surface area contributed by atoms with Gasteiger partial charge in [-0.3, -0.25) is 0 Å². The molecule has 0 unspecified atom stereocenters. The Morgan fingerprint density at radius 1 is 1.25 bits per heavy atom. The van der Waals surface area contributed by atoms with Crippen LogP contribution in [0, 0.1) is 5.41 Å². The summed E-state index contributed by atoms with van der Waals surface area (Å²) in [5, 5.41) is 0. The summed E-state index contributed by atoms with van der Waals surface area (Å²) in [6.07, 6.45) is 2.75. The number of rotatable bonds is 0. The van der Waals surface area contributed by atoms with Crippen molar-refractivity contribution in [3.8, 4) is 0 Å². The van der Waals surface area contributed by atoms with E-state index in [4.69, 9.17) is 4.74 Å². The Balaban J connectivity index is 0.000000336. The van der Waals surface area contributed by atoms with E-state index in [0.29, 0.717) is 5.41 Å². The van der Waals surface area contributed by atoms with Crippen LogP contribution in [0.3, 0.4) is 0 Å². The van der Waals surface area contributed by atoms with Gasteiger partial charge in [-0.1, -0.05) is 13.8 Å². The van der Waals surface area contributed by atoms with Crippen molar-refractivity contribution in [2.75, 3.05) is 33.4 Å². The summed E-state index contributed by atoms with van der Waals surface area (Å²) in [7, 11) is 2.21. The van der Waals surface area contributed by atoms with Gasteiger partial charge in [-0.2, -0.15) is 0 Å². The van der Waals surface area contributed by atoms with Crippen LogP contribution in [0.2, 0.25) is 0 Å². The van der Waals surface area contributed by atoms with E-state index in [0.717, 1.165) is 13.2 Å². The van der Waals surface area contributed by atoms with E-state index in [1.807, 2.05) is 13.8 Å². The fourth-order valence-corrected chi connectivity index (χ4v) is 2.08. The summed E-state index contributed by atoms with van der Waals surface area (Å²) in [6, 6.07) is 0. The van der Waals surface area contributed by atoms with E-state index < -0.39 is 0 Å². The molecule has 0 aromatic heterocycles. The first-order chi connectivity index (χ1) is 5.81. The number of hydrogen-bond acceptors (Lipinski definition) is 2. The number of likely N-dealkylation sites (tertiary alicyclic amines) is 1. The highest BCUT2D eigenvalue weighted by molar-refractivity contribution is 4.90. The molecule has 0 amide bonds. The lowest BCUT2D eigenvalue weighted by molar-refractivity contribution is -0.140. The second-order valence-electron chi connectivity index (χ2n) is 3.83. The molecule has 12 heavy (non-hydrogen) atoms. The molecular formula is C10H21NO. The molecule has 2 fully saturated rings. The Morgan fingerprint density at radius 2 is 1.92 bits per heavy atom. The maximum Gasteiger partial charge on any atom is 0.0557 e. The predicted molar refractivity (Wildman–Crippen MR) is 51.3 cm³/mol. The Bertz CT molecular complexity index is 132. The topological polar surface area (TPSA) is 12.5 Å². The molecule has 1 spiro atoms. The molecule has 0 saturated carbocycles. The van der Waals surface area contributed by atoms with Gasteiger partial charge in [0.1, 0.15) is 0 Å². The van der Waals surface area contributed by atoms with E-state index in [-0.39, 0.29) is 0 Å². The molecular weight excluding hydrogens is 150 g/mol. The quantitative estimate of drug-likeness (QED) is 0.550. The smallest absolute Gasteiger partial charge is 0.0557 e. The predicted octanol–water partition coefficient (Wildman–Crippen LogP) is 1.75. The van der Waals surface area contributed by atoms with Gasteiger partial charge in [-0.15, -0.1) is 0 Å². The van der Waals surface area contributed by atoms with Gasteiger partial charge in [0.15, 0.2) is 0 Å². The number of piperidine rings is 1. The van der Waals surface area contributed by atoms with Gasteiger partial charge in [0, 0.05) is 12.0 Å². The lowest BCUT2D eigenvalue weighted by atomic mass is 9.78. The highest BCUT2D eigenvalue weighted by Crippen LogP contribution is 2.36. The van der Waals surface area contributed by atoms with Gasteiger partial charge in [-0.05, 0) is 26.4 Å². The van der Waals surface area contributed by atoms with Crippen LogP contribution in [0.25, 0.3) is 0 Å². The van der Waals surface area contributed by atoms with Crippen molar-refractivity contribution in [3.05, 3.63) is 0 Å². The van der Waals surface area contributed by atoms with Gasteiger partial charge in [0.05, 0.1) is 13.2 Å². The number of hydrogen-bond donors (Lipinski definition) is 0. The minimum atomic E-state index is 0.576. The van der Waals surface area contributed by atoms with Crippen molar-refractivity contribution in [1.29, 1.82) is 0 Å². The highest BCUT2D eigenvalue weighted by atomic mass is 16.5. The Kier molecular flexibility index (Phi) is 3.53. The number of ether oxygens (including phenoxy) is 1. The molecule has 2 nitrogen and oxygen atoms in total. The van der Waals surface area contributed by atoms with Crippen LogP contribution in [0.15, 0.2) is 0 Å². The van der Waals surface area contributed by atoms with Crippen molar-refractivity contribution >= 4 is 0 Å². The summed E-state index contributed by atoms with van der Waals surface area (Å²) >= 11 is 0. The van der Waals surface area contributed by atoms with Crippen LogP contribution in [-0.4, -0.2) is 38.3 Å². The maximum absolute atomic E-state index is 5.24. The van der Waals surface area contributed by atoms with Crippen LogP contribution >= 0.6 is 0 Å². The zero-order valence-corrected chi connectivity index (χ0v) is 8.60. The van der Waals surface area contributed by atoms with Crippen molar-refractivity contribution < 1.29 is 4.74 Å². The first kappa shape index (κ1) is 10.0. The Labute approximate surface area is 75.9 Å². The van der Waals surface area contributed by atoms with Gasteiger partial charge >= 0.3 is 0 Å². The molecule has 2 aliphatic rings. The van der Waals surface area contributed by atoms with Crippen LogP contribution < -0.4 is 0 Å². The molecule has 0 bridgehead atoms.